The molecule has 1 atom stereocenters. The molecule has 0 spiro atoms. The van der Waals surface area contributed by atoms with E-state index in [1.165, 1.54) is 5.56 Å². The Morgan fingerprint density at radius 1 is 0.880 bits per heavy atom. The highest BCUT2D eigenvalue weighted by molar-refractivity contribution is 6.11. The molecular formula is C22H19NO2. The number of nitrogens with zero attached hydrogens (tertiary/aromatic N) is 1. The molecule has 1 aliphatic rings. The van der Waals surface area contributed by atoms with E-state index in [-0.39, 0.29) is 11.9 Å². The van der Waals surface area contributed by atoms with E-state index in [1.54, 1.807) is 7.11 Å². The molecule has 0 radical (unpaired) electrons. The first kappa shape index (κ1) is 15.5. The molecule has 1 aliphatic heterocycles. The topological polar surface area (TPSA) is 29.5 Å². The van der Waals surface area contributed by atoms with E-state index >= 15 is 0 Å². The first-order chi connectivity index (χ1) is 12.3. The van der Waals surface area contributed by atoms with Gasteiger partial charge in [-0.1, -0.05) is 48.5 Å². The van der Waals surface area contributed by atoms with Gasteiger partial charge in [0.15, 0.2) is 0 Å². The number of ether oxygens (including phenoxy) is 1. The predicted octanol–water partition coefficient (Wildman–Crippen LogP) is 4.64. The minimum absolute atomic E-state index is 0.000468. The zero-order chi connectivity index (χ0) is 17.2. The molecule has 25 heavy (non-hydrogen) atoms. The minimum Gasteiger partial charge on any atom is -0.497 e. The summed E-state index contributed by atoms with van der Waals surface area (Å²) in [6, 6.07) is 25.9. The van der Waals surface area contributed by atoms with Crippen LogP contribution >= 0.6 is 0 Å². The zero-order valence-electron chi connectivity index (χ0n) is 14.1. The Morgan fingerprint density at radius 3 is 2.28 bits per heavy atom. The van der Waals surface area contributed by atoms with Gasteiger partial charge in [-0.2, -0.15) is 0 Å². The molecule has 0 bridgehead atoms. The Kier molecular flexibility index (Phi) is 3.98. The maximum Gasteiger partial charge on any atom is 0.259 e. The second-order valence-electron chi connectivity index (χ2n) is 6.17. The van der Waals surface area contributed by atoms with Gasteiger partial charge in [-0.25, -0.2) is 0 Å². The molecule has 0 N–H and O–H groups in total. The summed E-state index contributed by atoms with van der Waals surface area (Å²) in [5.41, 5.74) is 3.99. The molecule has 0 aliphatic carbocycles. The second-order valence-corrected chi connectivity index (χ2v) is 6.17. The number of rotatable bonds is 4. The lowest BCUT2D eigenvalue weighted by atomic mass is 9.98. The lowest BCUT2D eigenvalue weighted by molar-refractivity contribution is 0.0991. The van der Waals surface area contributed by atoms with Gasteiger partial charge in [0.2, 0.25) is 0 Å². The van der Waals surface area contributed by atoms with E-state index in [4.69, 9.17) is 4.74 Å². The van der Waals surface area contributed by atoms with Crippen molar-refractivity contribution in [2.24, 2.45) is 0 Å². The van der Waals surface area contributed by atoms with Gasteiger partial charge in [-0.3, -0.25) is 4.79 Å². The van der Waals surface area contributed by atoms with Crippen LogP contribution < -0.4 is 9.64 Å². The number of carbonyl (C=O) groups excluding carboxylic acids is 1. The van der Waals surface area contributed by atoms with Crippen LogP contribution in [-0.4, -0.2) is 13.0 Å². The number of hydrogen-bond donors (Lipinski definition) is 0. The fraction of sp³-hybridized carbons (Fsp3) is 0.136. The summed E-state index contributed by atoms with van der Waals surface area (Å²) in [4.78, 5) is 14.9. The highest BCUT2D eigenvalue weighted by atomic mass is 16.5. The first-order valence-corrected chi connectivity index (χ1v) is 8.38. The number of amides is 1. The summed E-state index contributed by atoms with van der Waals surface area (Å²) in [5.74, 6) is 0.842. The molecule has 124 valence electrons. The number of methoxy groups -OCH3 is 1. The summed E-state index contributed by atoms with van der Waals surface area (Å²) >= 11 is 0. The first-order valence-electron chi connectivity index (χ1n) is 8.38. The highest BCUT2D eigenvalue weighted by Crippen LogP contribution is 2.39. The van der Waals surface area contributed by atoms with E-state index in [1.807, 2.05) is 65.6 Å². The molecule has 1 heterocycles. The molecule has 3 heteroatoms. The summed E-state index contributed by atoms with van der Waals surface area (Å²) in [5, 5.41) is 0. The van der Waals surface area contributed by atoms with Gasteiger partial charge in [0.1, 0.15) is 5.75 Å². The van der Waals surface area contributed by atoms with Crippen molar-refractivity contribution in [2.45, 2.75) is 12.5 Å². The van der Waals surface area contributed by atoms with E-state index in [0.717, 1.165) is 29.0 Å². The molecular weight excluding hydrogens is 310 g/mol. The van der Waals surface area contributed by atoms with Crippen LogP contribution in [0.1, 0.15) is 27.5 Å². The van der Waals surface area contributed by atoms with Crippen LogP contribution in [0.25, 0.3) is 0 Å². The van der Waals surface area contributed by atoms with Crippen molar-refractivity contribution >= 4 is 11.6 Å². The Morgan fingerprint density at radius 2 is 1.56 bits per heavy atom. The van der Waals surface area contributed by atoms with Crippen molar-refractivity contribution in [3.8, 4) is 5.75 Å². The van der Waals surface area contributed by atoms with E-state index in [0.29, 0.717) is 0 Å². The molecule has 1 amide bonds. The fourth-order valence-corrected chi connectivity index (χ4v) is 3.47. The van der Waals surface area contributed by atoms with E-state index < -0.39 is 0 Å². The fourth-order valence-electron chi connectivity index (χ4n) is 3.47. The van der Waals surface area contributed by atoms with Crippen LogP contribution in [0.3, 0.4) is 0 Å². The van der Waals surface area contributed by atoms with Crippen LogP contribution in [0.4, 0.5) is 5.69 Å². The predicted molar refractivity (Wildman–Crippen MR) is 99.1 cm³/mol. The number of benzene rings is 3. The Labute approximate surface area is 147 Å². The normalized spacial score (nSPS) is 16.0. The van der Waals surface area contributed by atoms with Gasteiger partial charge in [-0.05, 0) is 47.9 Å². The number of fused-ring (bicyclic) bond motifs is 1. The lowest BCUT2D eigenvalue weighted by Gasteiger charge is -2.26. The van der Waals surface area contributed by atoms with Gasteiger partial charge in [-0.15, -0.1) is 0 Å². The van der Waals surface area contributed by atoms with E-state index in [2.05, 4.69) is 18.2 Å². The number of hydrogen-bond acceptors (Lipinski definition) is 2. The summed E-state index contributed by atoms with van der Waals surface area (Å²) < 4.78 is 5.24. The summed E-state index contributed by atoms with van der Waals surface area (Å²) in [7, 11) is 1.64. The monoisotopic (exact) mass is 329 g/mol. The van der Waals surface area contributed by atoms with Crippen LogP contribution in [0, 0.1) is 0 Å². The molecule has 0 fully saturated rings. The van der Waals surface area contributed by atoms with E-state index in [9.17, 15) is 4.79 Å². The Hall–Kier alpha value is -3.07. The van der Waals surface area contributed by atoms with Crippen molar-refractivity contribution in [1.82, 2.24) is 0 Å². The number of carbonyl (C=O) groups is 1. The third kappa shape index (κ3) is 2.78. The van der Waals surface area contributed by atoms with Crippen LogP contribution in [-0.2, 0) is 6.42 Å². The molecule has 0 saturated carbocycles. The standard InChI is InChI=1S/C22H19NO2/c1-25-18-13-11-17(12-14-18)23-21(15-16-7-3-2-4-8-16)19-9-5-6-10-20(19)22(23)24/h2-14,21H,15H2,1H3. The second kappa shape index (κ2) is 6.44. The summed E-state index contributed by atoms with van der Waals surface area (Å²) in [6.45, 7) is 0. The van der Waals surface area contributed by atoms with Crippen molar-refractivity contribution in [1.29, 1.82) is 0 Å². The lowest BCUT2D eigenvalue weighted by Crippen LogP contribution is -2.29. The van der Waals surface area contributed by atoms with Crippen LogP contribution in [0.5, 0.6) is 5.75 Å². The third-order valence-corrected chi connectivity index (χ3v) is 4.70. The summed E-state index contributed by atoms with van der Waals surface area (Å²) in [6.07, 6.45) is 0.787. The molecule has 1 unspecified atom stereocenters. The van der Waals surface area contributed by atoms with Crippen molar-refractivity contribution < 1.29 is 9.53 Å². The molecule has 3 nitrogen and oxygen atoms in total. The van der Waals surface area contributed by atoms with Gasteiger partial charge in [0.05, 0.1) is 13.2 Å². The third-order valence-electron chi connectivity index (χ3n) is 4.70. The van der Waals surface area contributed by atoms with Crippen LogP contribution in [0.15, 0.2) is 78.9 Å². The van der Waals surface area contributed by atoms with Crippen molar-refractivity contribution in [3.63, 3.8) is 0 Å². The van der Waals surface area contributed by atoms with Crippen molar-refractivity contribution in [3.05, 3.63) is 95.6 Å². The van der Waals surface area contributed by atoms with Gasteiger partial charge >= 0.3 is 0 Å². The average Bonchev–Trinajstić information content (AvgIpc) is 2.95. The molecule has 3 aromatic carbocycles. The smallest absolute Gasteiger partial charge is 0.259 e. The van der Waals surface area contributed by atoms with Gasteiger partial charge < -0.3 is 9.64 Å². The average molecular weight is 329 g/mol. The van der Waals surface area contributed by atoms with Gasteiger partial charge in [0, 0.05) is 11.3 Å². The molecule has 3 aromatic rings. The quantitative estimate of drug-likeness (QED) is 0.698. The van der Waals surface area contributed by atoms with Gasteiger partial charge in [0.25, 0.3) is 5.91 Å². The Balaban J connectivity index is 1.76. The highest BCUT2D eigenvalue weighted by Gasteiger charge is 2.37. The maximum absolute atomic E-state index is 13.0. The SMILES string of the molecule is COc1ccc(N2C(=O)c3ccccc3C2Cc2ccccc2)cc1. The largest absolute Gasteiger partial charge is 0.497 e. The van der Waals surface area contributed by atoms with Crippen molar-refractivity contribution in [2.75, 3.05) is 12.0 Å². The molecule has 4 rings (SSSR count). The number of anilines is 1. The minimum atomic E-state index is -0.000468. The molecule has 0 aromatic heterocycles. The van der Waals surface area contributed by atoms with Crippen LogP contribution in [0.2, 0.25) is 0 Å². The molecule has 0 saturated heterocycles. The maximum atomic E-state index is 13.0. The zero-order valence-corrected chi connectivity index (χ0v) is 14.1. The Bertz CT molecular complexity index is 887.